The summed E-state index contributed by atoms with van der Waals surface area (Å²) in [4.78, 5) is 72.6. The summed E-state index contributed by atoms with van der Waals surface area (Å²) in [6.07, 6.45) is 0. The van der Waals surface area contributed by atoms with Crippen LogP contribution in [-0.4, -0.2) is 35.1 Å². The molecule has 3 aromatic carbocycles. The normalized spacial score (nSPS) is 10.3. The van der Waals surface area contributed by atoms with E-state index in [1.54, 1.807) is 0 Å². The molecule has 0 saturated heterocycles. The minimum atomic E-state index is -0.822. The summed E-state index contributed by atoms with van der Waals surface area (Å²) in [5, 5.41) is 0. The zero-order chi connectivity index (χ0) is 26.6. The molecule has 0 fully saturated rings. The fourth-order valence-corrected chi connectivity index (χ4v) is 3.23. The third kappa shape index (κ3) is 6.24. The molecular formula is C28H22O8. The van der Waals surface area contributed by atoms with Crippen LogP contribution in [0.2, 0.25) is 0 Å². The number of hydrogen-bond acceptors (Lipinski definition) is 8. The highest BCUT2D eigenvalue weighted by molar-refractivity contribution is 6.02. The lowest BCUT2D eigenvalue weighted by Gasteiger charge is -2.10. The molecule has 0 amide bonds. The van der Waals surface area contributed by atoms with E-state index in [1.165, 1.54) is 88.4 Å². The zero-order valence-electron chi connectivity index (χ0n) is 20.0. The molecule has 8 heteroatoms. The second-order valence-electron chi connectivity index (χ2n) is 8.08. The molecule has 0 unspecified atom stereocenters. The van der Waals surface area contributed by atoms with Crippen LogP contribution >= 0.6 is 0 Å². The highest BCUT2D eigenvalue weighted by Gasteiger charge is 2.17. The number of esters is 2. The largest absolute Gasteiger partial charge is 0.423 e. The number of rotatable bonds is 8. The van der Waals surface area contributed by atoms with Gasteiger partial charge in [0.05, 0.1) is 11.1 Å². The topological polar surface area (TPSA) is 121 Å². The number of hydrogen-bond donors (Lipinski definition) is 0. The molecule has 36 heavy (non-hydrogen) atoms. The van der Waals surface area contributed by atoms with Gasteiger partial charge in [-0.15, -0.1) is 0 Å². The van der Waals surface area contributed by atoms with E-state index in [0.717, 1.165) is 0 Å². The summed E-state index contributed by atoms with van der Waals surface area (Å²) in [7, 11) is 0. The molecule has 0 aliphatic carbocycles. The van der Waals surface area contributed by atoms with Gasteiger partial charge in [-0.2, -0.15) is 0 Å². The van der Waals surface area contributed by atoms with Crippen molar-refractivity contribution in [3.8, 4) is 11.5 Å². The number of ether oxygens (including phenoxy) is 2. The quantitative estimate of drug-likeness (QED) is 0.249. The monoisotopic (exact) mass is 486 g/mol. The van der Waals surface area contributed by atoms with Crippen molar-refractivity contribution in [1.82, 2.24) is 0 Å². The molecular weight excluding hydrogens is 464 g/mol. The predicted octanol–water partition coefficient (Wildman–Crippen LogP) is 4.94. The first-order valence-electron chi connectivity index (χ1n) is 10.8. The lowest BCUT2D eigenvalue weighted by atomic mass is 10.0. The lowest BCUT2D eigenvalue weighted by molar-refractivity contribution is 0.0730. The summed E-state index contributed by atoms with van der Waals surface area (Å²) >= 11 is 0. The van der Waals surface area contributed by atoms with Gasteiger partial charge in [0.2, 0.25) is 0 Å². The van der Waals surface area contributed by atoms with Crippen molar-refractivity contribution in [2.24, 2.45) is 0 Å². The van der Waals surface area contributed by atoms with Gasteiger partial charge >= 0.3 is 11.9 Å². The molecule has 8 nitrogen and oxygen atoms in total. The Labute approximate surface area is 206 Å². The van der Waals surface area contributed by atoms with Gasteiger partial charge in [-0.05, 0) is 82.3 Å². The average molecular weight is 486 g/mol. The first-order valence-corrected chi connectivity index (χ1v) is 10.8. The number of benzene rings is 3. The van der Waals surface area contributed by atoms with Crippen LogP contribution in [-0.2, 0) is 0 Å². The Morgan fingerprint density at radius 1 is 0.444 bits per heavy atom. The number of carbonyl (C=O) groups is 6. The Bertz CT molecular complexity index is 1260. The second kappa shape index (κ2) is 10.7. The Morgan fingerprint density at radius 2 is 0.722 bits per heavy atom. The van der Waals surface area contributed by atoms with Crippen LogP contribution < -0.4 is 9.47 Å². The summed E-state index contributed by atoms with van der Waals surface area (Å²) in [5.74, 6) is -2.85. The van der Waals surface area contributed by atoms with Gasteiger partial charge in [0.1, 0.15) is 11.5 Å². The summed E-state index contributed by atoms with van der Waals surface area (Å²) < 4.78 is 10.7. The highest BCUT2D eigenvalue weighted by atomic mass is 16.5. The van der Waals surface area contributed by atoms with Gasteiger partial charge in [-0.3, -0.25) is 19.2 Å². The zero-order valence-corrected chi connectivity index (χ0v) is 20.0. The van der Waals surface area contributed by atoms with Crippen molar-refractivity contribution >= 4 is 35.1 Å². The smallest absolute Gasteiger partial charge is 0.343 e. The van der Waals surface area contributed by atoms with E-state index in [9.17, 15) is 28.8 Å². The van der Waals surface area contributed by atoms with E-state index in [4.69, 9.17) is 9.47 Å². The van der Waals surface area contributed by atoms with Crippen molar-refractivity contribution in [2.45, 2.75) is 27.7 Å². The Kier molecular flexibility index (Phi) is 7.69. The van der Waals surface area contributed by atoms with E-state index in [-0.39, 0.29) is 68.0 Å². The molecule has 0 bridgehead atoms. The van der Waals surface area contributed by atoms with Crippen LogP contribution in [0.4, 0.5) is 0 Å². The molecule has 0 radical (unpaired) electrons. The molecule has 3 rings (SSSR count). The fraction of sp³-hybridized carbons (Fsp3) is 0.143. The molecule has 0 atom stereocenters. The molecule has 182 valence electrons. The van der Waals surface area contributed by atoms with E-state index < -0.39 is 11.9 Å². The average Bonchev–Trinajstić information content (AvgIpc) is 2.83. The van der Waals surface area contributed by atoms with Crippen molar-refractivity contribution in [2.75, 3.05) is 0 Å². The highest BCUT2D eigenvalue weighted by Crippen LogP contribution is 2.22. The van der Waals surface area contributed by atoms with Crippen LogP contribution in [0.5, 0.6) is 11.5 Å². The predicted molar refractivity (Wildman–Crippen MR) is 129 cm³/mol. The molecule has 0 aromatic heterocycles. The van der Waals surface area contributed by atoms with Crippen molar-refractivity contribution < 1.29 is 38.2 Å². The van der Waals surface area contributed by atoms with Crippen molar-refractivity contribution in [1.29, 1.82) is 0 Å². The summed E-state index contributed by atoms with van der Waals surface area (Å²) in [6, 6.07) is 13.8. The summed E-state index contributed by atoms with van der Waals surface area (Å²) in [5.41, 5.74) is 0.870. The Balaban J connectivity index is 1.85. The van der Waals surface area contributed by atoms with E-state index in [1.807, 2.05) is 0 Å². The molecule has 0 aliphatic rings. The maximum atomic E-state index is 12.7. The first-order chi connectivity index (χ1) is 16.9. The van der Waals surface area contributed by atoms with Gasteiger partial charge < -0.3 is 9.47 Å². The molecule has 0 saturated carbocycles. The standard InChI is InChI=1S/C28H22O8/c1-15(29)21-9-22(16(2)30)12-25(11-21)35-27(33)19-6-5-7-20(8-19)28(34)36-26-13-23(17(3)31)10-24(14-26)18(4)32/h5-14H,1-4H3. The van der Waals surface area contributed by atoms with E-state index in [2.05, 4.69) is 0 Å². The third-order valence-electron chi connectivity index (χ3n) is 5.19. The molecule has 0 heterocycles. The Morgan fingerprint density at radius 3 is 1.00 bits per heavy atom. The van der Waals surface area contributed by atoms with Crippen LogP contribution in [0, 0.1) is 0 Å². The molecule has 3 aromatic rings. The minimum Gasteiger partial charge on any atom is -0.423 e. The lowest BCUT2D eigenvalue weighted by Crippen LogP contribution is -2.13. The van der Waals surface area contributed by atoms with Gasteiger partial charge in [0.15, 0.2) is 23.1 Å². The first kappa shape index (κ1) is 25.9. The van der Waals surface area contributed by atoms with Gasteiger partial charge in [-0.1, -0.05) is 6.07 Å². The minimum absolute atomic E-state index is 0.00342. The maximum absolute atomic E-state index is 12.7. The molecule has 0 spiro atoms. The van der Waals surface area contributed by atoms with Crippen molar-refractivity contribution in [3.63, 3.8) is 0 Å². The number of carbonyl (C=O) groups excluding carboxylic acids is 6. The maximum Gasteiger partial charge on any atom is 0.343 e. The summed E-state index contributed by atoms with van der Waals surface area (Å²) in [6.45, 7) is 5.30. The van der Waals surface area contributed by atoms with Gasteiger partial charge in [0, 0.05) is 22.3 Å². The third-order valence-corrected chi connectivity index (χ3v) is 5.19. The second-order valence-corrected chi connectivity index (χ2v) is 8.08. The van der Waals surface area contributed by atoms with Crippen LogP contribution in [0.15, 0.2) is 60.7 Å². The Hall–Kier alpha value is -4.72. The van der Waals surface area contributed by atoms with Crippen LogP contribution in [0.3, 0.4) is 0 Å². The SMILES string of the molecule is CC(=O)c1cc(OC(=O)c2cccc(C(=O)Oc3cc(C(C)=O)cc(C(C)=O)c3)c2)cc(C(C)=O)c1. The molecule has 0 N–H and O–H groups in total. The van der Waals surface area contributed by atoms with E-state index >= 15 is 0 Å². The number of Topliss-reactive ketones (excluding diaryl/α,β-unsaturated/α-hetero) is 4. The van der Waals surface area contributed by atoms with Gasteiger partial charge in [0.25, 0.3) is 0 Å². The number of ketones is 4. The van der Waals surface area contributed by atoms with E-state index in [0.29, 0.717) is 0 Å². The van der Waals surface area contributed by atoms with Crippen LogP contribution in [0.1, 0.15) is 89.8 Å². The fourth-order valence-electron chi connectivity index (χ4n) is 3.23. The molecule has 0 aliphatic heterocycles. The van der Waals surface area contributed by atoms with Gasteiger partial charge in [-0.25, -0.2) is 9.59 Å². The van der Waals surface area contributed by atoms with Crippen molar-refractivity contribution in [3.05, 3.63) is 94.0 Å². The van der Waals surface area contributed by atoms with Crippen LogP contribution in [0.25, 0.3) is 0 Å².